The molecule has 0 fully saturated rings. The summed E-state index contributed by atoms with van der Waals surface area (Å²) in [5.74, 6) is 0.648. The Hall–Kier alpha value is -0.670. The predicted octanol–water partition coefficient (Wildman–Crippen LogP) is 3.79. The Morgan fingerprint density at radius 2 is 1.55 bits per heavy atom. The van der Waals surface area contributed by atoms with E-state index in [1.165, 1.54) is 11.1 Å². The van der Waals surface area contributed by atoms with Crippen LogP contribution in [0, 0.1) is 0 Å². The van der Waals surface area contributed by atoms with Crippen LogP contribution in [0.3, 0.4) is 0 Å². The third kappa shape index (κ3) is 4.71. The highest BCUT2D eigenvalue weighted by atomic mass is 32.2. The van der Waals surface area contributed by atoms with Crippen LogP contribution < -0.4 is 5.32 Å². The quantitative estimate of drug-likeness (QED) is 0.915. The van der Waals surface area contributed by atoms with Gasteiger partial charge < -0.3 is 5.32 Å². The van der Waals surface area contributed by atoms with Crippen LogP contribution in [-0.4, -0.2) is 21.8 Å². The Kier molecular flexibility index (Phi) is 5.56. The van der Waals surface area contributed by atoms with E-state index in [9.17, 15) is 4.21 Å². The molecule has 1 aromatic carbocycles. The maximum Gasteiger partial charge on any atom is 0.0435 e. The Labute approximate surface area is 126 Å². The number of hydrogen-bond donors (Lipinski definition) is 1. The fraction of sp³-hybridized carbons (Fsp3) is 0.647. The summed E-state index contributed by atoms with van der Waals surface area (Å²) in [4.78, 5) is 0. The van der Waals surface area contributed by atoms with Crippen molar-refractivity contribution >= 4 is 10.8 Å². The third-order valence-electron chi connectivity index (χ3n) is 3.53. The van der Waals surface area contributed by atoms with E-state index in [2.05, 4.69) is 50.4 Å². The van der Waals surface area contributed by atoms with Gasteiger partial charge in [0.05, 0.1) is 0 Å². The molecule has 1 N–H and O–H groups in total. The molecule has 0 radical (unpaired) electrons. The van der Waals surface area contributed by atoms with Crippen LogP contribution in [0.25, 0.3) is 0 Å². The van der Waals surface area contributed by atoms with Crippen molar-refractivity contribution in [2.24, 2.45) is 0 Å². The standard InChI is InChI=1S/C17H29NOS/c1-16(2,3)14-10-8-13(9-11-14)15(18-7)12-20(19)17(4,5)6/h8-11,15,18H,12H2,1-7H3. The number of nitrogens with one attached hydrogen (secondary N) is 1. The smallest absolute Gasteiger partial charge is 0.0435 e. The van der Waals surface area contributed by atoms with Crippen LogP contribution in [-0.2, 0) is 16.2 Å². The molecule has 0 saturated heterocycles. The monoisotopic (exact) mass is 295 g/mol. The molecule has 0 amide bonds. The summed E-state index contributed by atoms with van der Waals surface area (Å²) in [7, 11) is 1.08. The second kappa shape index (κ2) is 6.40. The maximum absolute atomic E-state index is 12.3. The third-order valence-corrected chi connectivity index (χ3v) is 5.53. The van der Waals surface area contributed by atoms with Crippen molar-refractivity contribution in [3.8, 4) is 0 Å². The van der Waals surface area contributed by atoms with Crippen LogP contribution in [0.5, 0.6) is 0 Å². The molecule has 0 bridgehead atoms. The van der Waals surface area contributed by atoms with Gasteiger partial charge in [-0.3, -0.25) is 4.21 Å². The lowest BCUT2D eigenvalue weighted by atomic mass is 9.86. The average Bonchev–Trinajstić information content (AvgIpc) is 2.33. The number of benzene rings is 1. The summed E-state index contributed by atoms with van der Waals surface area (Å²) in [6.07, 6.45) is 0. The molecule has 0 aliphatic heterocycles. The van der Waals surface area contributed by atoms with Gasteiger partial charge >= 0.3 is 0 Å². The first kappa shape index (κ1) is 17.4. The molecule has 0 heterocycles. The van der Waals surface area contributed by atoms with Crippen LogP contribution >= 0.6 is 0 Å². The first-order chi connectivity index (χ1) is 9.05. The maximum atomic E-state index is 12.3. The lowest BCUT2D eigenvalue weighted by molar-refractivity contribution is 0.587. The minimum Gasteiger partial charge on any atom is -0.312 e. The molecular weight excluding hydrogens is 266 g/mol. The Morgan fingerprint density at radius 3 is 1.90 bits per heavy atom. The van der Waals surface area contributed by atoms with Gasteiger partial charge in [-0.15, -0.1) is 0 Å². The average molecular weight is 295 g/mol. The lowest BCUT2D eigenvalue weighted by Gasteiger charge is -2.24. The molecule has 3 heteroatoms. The summed E-state index contributed by atoms with van der Waals surface area (Å²) in [6.45, 7) is 12.7. The van der Waals surface area contributed by atoms with Gasteiger partial charge in [-0.1, -0.05) is 45.0 Å². The first-order valence-electron chi connectivity index (χ1n) is 7.22. The molecule has 0 aliphatic rings. The summed E-state index contributed by atoms with van der Waals surface area (Å²) < 4.78 is 12.1. The van der Waals surface area contributed by atoms with E-state index in [1.54, 1.807) is 0 Å². The molecule has 2 nitrogen and oxygen atoms in total. The zero-order chi connectivity index (χ0) is 15.6. The molecule has 20 heavy (non-hydrogen) atoms. The van der Waals surface area contributed by atoms with E-state index in [0.29, 0.717) is 5.75 Å². The molecule has 0 aromatic heterocycles. The predicted molar refractivity (Wildman–Crippen MR) is 89.7 cm³/mol. The molecule has 0 aliphatic carbocycles. The van der Waals surface area contributed by atoms with E-state index in [-0.39, 0.29) is 16.2 Å². The highest BCUT2D eigenvalue weighted by molar-refractivity contribution is 7.86. The first-order valence-corrected chi connectivity index (χ1v) is 8.54. The van der Waals surface area contributed by atoms with Crippen molar-refractivity contribution in [3.05, 3.63) is 35.4 Å². The van der Waals surface area contributed by atoms with Gasteiger partial charge in [0.25, 0.3) is 0 Å². The van der Waals surface area contributed by atoms with Crippen molar-refractivity contribution in [2.45, 2.75) is 57.7 Å². The fourth-order valence-corrected chi connectivity index (χ4v) is 3.12. The van der Waals surface area contributed by atoms with Gasteiger partial charge in [-0.25, -0.2) is 0 Å². The summed E-state index contributed by atoms with van der Waals surface area (Å²) in [6, 6.07) is 8.81. The normalized spacial score (nSPS) is 15.9. The molecule has 0 saturated carbocycles. The Bertz CT molecular complexity index is 451. The van der Waals surface area contributed by atoms with Gasteiger partial charge in [0.15, 0.2) is 0 Å². The van der Waals surface area contributed by atoms with Gasteiger partial charge in [0.2, 0.25) is 0 Å². The largest absolute Gasteiger partial charge is 0.312 e. The van der Waals surface area contributed by atoms with Crippen molar-refractivity contribution in [1.29, 1.82) is 0 Å². The van der Waals surface area contributed by atoms with E-state index in [1.807, 2.05) is 27.8 Å². The number of rotatable bonds is 4. The van der Waals surface area contributed by atoms with Crippen LogP contribution in [0.15, 0.2) is 24.3 Å². The molecule has 114 valence electrons. The molecule has 2 atom stereocenters. The summed E-state index contributed by atoms with van der Waals surface area (Å²) >= 11 is 0. The lowest BCUT2D eigenvalue weighted by Crippen LogP contribution is -2.31. The van der Waals surface area contributed by atoms with E-state index < -0.39 is 10.8 Å². The van der Waals surface area contributed by atoms with Gasteiger partial charge in [-0.05, 0) is 44.4 Å². The summed E-state index contributed by atoms with van der Waals surface area (Å²) in [5, 5.41) is 3.29. The van der Waals surface area contributed by atoms with E-state index in [0.717, 1.165) is 0 Å². The van der Waals surface area contributed by atoms with Crippen LogP contribution in [0.1, 0.15) is 58.7 Å². The SMILES string of the molecule is CNC(CS(=O)C(C)(C)C)c1ccc(C(C)(C)C)cc1. The molecular formula is C17H29NOS. The zero-order valence-electron chi connectivity index (χ0n) is 13.9. The molecule has 1 aromatic rings. The number of hydrogen-bond acceptors (Lipinski definition) is 2. The minimum atomic E-state index is -0.853. The Balaban J connectivity index is 2.89. The van der Waals surface area contributed by atoms with Gasteiger partial charge in [-0.2, -0.15) is 0 Å². The highest BCUT2D eigenvalue weighted by Crippen LogP contribution is 2.25. The van der Waals surface area contributed by atoms with Crippen molar-refractivity contribution in [1.82, 2.24) is 5.32 Å². The van der Waals surface area contributed by atoms with Crippen molar-refractivity contribution in [3.63, 3.8) is 0 Å². The highest BCUT2D eigenvalue weighted by Gasteiger charge is 2.23. The van der Waals surface area contributed by atoms with E-state index >= 15 is 0 Å². The van der Waals surface area contributed by atoms with Crippen LogP contribution in [0.2, 0.25) is 0 Å². The van der Waals surface area contributed by atoms with Crippen molar-refractivity contribution < 1.29 is 4.21 Å². The molecule has 0 spiro atoms. The van der Waals surface area contributed by atoms with E-state index in [4.69, 9.17) is 0 Å². The van der Waals surface area contributed by atoms with Gasteiger partial charge in [0.1, 0.15) is 0 Å². The van der Waals surface area contributed by atoms with Crippen LogP contribution in [0.4, 0.5) is 0 Å². The zero-order valence-corrected chi connectivity index (χ0v) is 14.7. The van der Waals surface area contributed by atoms with Crippen molar-refractivity contribution in [2.75, 3.05) is 12.8 Å². The fourth-order valence-electron chi connectivity index (χ4n) is 1.96. The molecule has 1 rings (SSSR count). The second-order valence-corrected chi connectivity index (χ2v) is 9.59. The summed E-state index contributed by atoms with van der Waals surface area (Å²) in [5.41, 5.74) is 2.70. The van der Waals surface area contributed by atoms with Gasteiger partial charge in [0, 0.05) is 27.3 Å². The topological polar surface area (TPSA) is 29.1 Å². The second-order valence-electron chi connectivity index (χ2n) is 7.34. The Morgan fingerprint density at radius 1 is 1.05 bits per heavy atom. The molecule has 2 unspecified atom stereocenters. The minimum absolute atomic E-state index is 0.143.